The maximum absolute atomic E-state index is 14.6. The Bertz CT molecular complexity index is 2020. The van der Waals surface area contributed by atoms with Crippen LogP contribution in [0.25, 0.3) is 0 Å². The zero-order chi connectivity index (χ0) is 40.9. The lowest BCUT2D eigenvalue weighted by Gasteiger charge is -2.59. The fourth-order valence-electron chi connectivity index (χ4n) is 8.33. The van der Waals surface area contributed by atoms with E-state index in [2.05, 4.69) is 0 Å². The van der Waals surface area contributed by atoms with Crippen molar-refractivity contribution >= 4 is 11.9 Å². The van der Waals surface area contributed by atoms with Gasteiger partial charge in [0.2, 0.25) is 0 Å². The molecule has 2 fully saturated rings. The Morgan fingerprint density at radius 2 is 1.08 bits per heavy atom. The second-order valence-corrected chi connectivity index (χ2v) is 15.1. The molecule has 0 saturated carbocycles. The number of likely N-dealkylation sites (tertiary alicyclic amines) is 1. The molecule has 0 radical (unpaired) electrons. The van der Waals surface area contributed by atoms with E-state index in [0.29, 0.717) is 13.2 Å². The van der Waals surface area contributed by atoms with Gasteiger partial charge in [-0.05, 0) is 27.8 Å². The van der Waals surface area contributed by atoms with Crippen LogP contribution in [0, 0.1) is 0 Å². The van der Waals surface area contributed by atoms with Crippen LogP contribution in [0.4, 0.5) is 0 Å². The Hall–Kier alpha value is -5.20. The molecule has 0 amide bonds. The molecule has 0 aliphatic carbocycles. The number of hydrogen-bond acceptors (Lipinski definition) is 10. The van der Waals surface area contributed by atoms with E-state index in [1.807, 2.05) is 157 Å². The first kappa shape index (κ1) is 41.9. The highest BCUT2D eigenvalue weighted by molar-refractivity contribution is 5.78. The highest BCUT2D eigenvalue weighted by atomic mass is 16.6. The predicted molar refractivity (Wildman–Crippen MR) is 222 cm³/mol. The van der Waals surface area contributed by atoms with Crippen LogP contribution in [-0.4, -0.2) is 79.3 Å². The molecule has 5 aromatic carbocycles. The lowest BCUT2D eigenvalue weighted by atomic mass is 9.72. The first-order valence-corrected chi connectivity index (χ1v) is 20.2. The van der Waals surface area contributed by atoms with Crippen LogP contribution in [0.15, 0.2) is 152 Å². The van der Waals surface area contributed by atoms with Crippen LogP contribution < -0.4 is 0 Å². The Morgan fingerprint density at radius 1 is 0.627 bits per heavy atom. The van der Waals surface area contributed by atoms with Crippen molar-refractivity contribution < 1.29 is 42.7 Å². The van der Waals surface area contributed by atoms with E-state index in [4.69, 9.17) is 33.2 Å². The average Bonchev–Trinajstić information content (AvgIpc) is 3.26. The highest BCUT2D eigenvalue weighted by Crippen LogP contribution is 2.46. The quantitative estimate of drug-likeness (QED) is 0.0881. The van der Waals surface area contributed by atoms with E-state index < -0.39 is 54.1 Å². The summed E-state index contributed by atoms with van der Waals surface area (Å²) >= 11 is 0. The van der Waals surface area contributed by atoms with Crippen molar-refractivity contribution in [2.24, 2.45) is 0 Å². The minimum Gasteiger partial charge on any atom is -0.468 e. The summed E-state index contributed by atoms with van der Waals surface area (Å²) in [6, 6.07) is 48.4. The summed E-state index contributed by atoms with van der Waals surface area (Å²) in [6.45, 7) is 3.05. The van der Waals surface area contributed by atoms with E-state index in [9.17, 15) is 9.59 Å². The van der Waals surface area contributed by atoms with Crippen LogP contribution in [0.1, 0.15) is 41.2 Å². The van der Waals surface area contributed by atoms with Gasteiger partial charge in [0.15, 0.2) is 0 Å². The molecule has 308 valence electrons. The van der Waals surface area contributed by atoms with Crippen LogP contribution in [0.5, 0.6) is 0 Å². The summed E-state index contributed by atoms with van der Waals surface area (Å²) in [5, 5.41) is 0. The smallest absolute Gasteiger partial charge is 0.326 e. The molecule has 5 aromatic rings. The number of ether oxygens (including phenoxy) is 7. The lowest BCUT2D eigenvalue weighted by molar-refractivity contribution is -0.332. The summed E-state index contributed by atoms with van der Waals surface area (Å²) in [4.78, 5) is 29.3. The molecule has 10 heteroatoms. The fourth-order valence-corrected chi connectivity index (χ4v) is 8.33. The van der Waals surface area contributed by atoms with Crippen molar-refractivity contribution in [3.05, 3.63) is 179 Å². The van der Waals surface area contributed by atoms with Gasteiger partial charge in [-0.3, -0.25) is 14.5 Å². The monoisotopic (exact) mass is 799 g/mol. The molecule has 2 heterocycles. The van der Waals surface area contributed by atoms with Crippen molar-refractivity contribution in [2.75, 3.05) is 20.3 Å². The number of carbonyl (C=O) groups is 2. The average molecular weight is 800 g/mol. The molecule has 2 aliphatic rings. The van der Waals surface area contributed by atoms with Gasteiger partial charge in [-0.2, -0.15) is 0 Å². The summed E-state index contributed by atoms with van der Waals surface area (Å²) in [6.07, 6.45) is -3.84. The number of nitrogens with zero attached hydrogens (tertiary/aromatic N) is 1. The molecule has 59 heavy (non-hydrogen) atoms. The van der Waals surface area contributed by atoms with Gasteiger partial charge < -0.3 is 33.2 Å². The van der Waals surface area contributed by atoms with Crippen molar-refractivity contribution in [1.82, 2.24) is 4.90 Å². The molecule has 0 aromatic heterocycles. The Labute approximate surface area is 346 Å². The SMILES string of the molecule is COC(=O)[C@@H]1N(Cc2ccccc2)C[C@@H](OC(C)=O)C[C@]12OC(COCc1ccccc1)[C@H](OCc1ccccc1)[C@@H](OCc1ccccc1)C2OCc1ccccc1. The molecule has 7 atom stereocenters. The lowest BCUT2D eigenvalue weighted by Crippen LogP contribution is -2.77. The van der Waals surface area contributed by atoms with Crippen LogP contribution >= 0.6 is 0 Å². The molecular weight excluding hydrogens is 747 g/mol. The number of esters is 2. The number of benzene rings is 5. The van der Waals surface area contributed by atoms with E-state index >= 15 is 0 Å². The van der Waals surface area contributed by atoms with Gasteiger partial charge in [0.25, 0.3) is 0 Å². The molecule has 7 rings (SSSR count). The predicted octanol–water partition coefficient (Wildman–Crippen LogP) is 7.48. The number of methoxy groups -OCH3 is 1. The maximum Gasteiger partial charge on any atom is 0.326 e. The zero-order valence-electron chi connectivity index (χ0n) is 33.7. The number of rotatable bonds is 17. The molecule has 0 N–H and O–H groups in total. The zero-order valence-corrected chi connectivity index (χ0v) is 33.7. The summed E-state index contributed by atoms with van der Waals surface area (Å²) < 4.78 is 46.7. The first-order valence-electron chi connectivity index (χ1n) is 20.2. The third-order valence-corrected chi connectivity index (χ3v) is 10.9. The third-order valence-electron chi connectivity index (χ3n) is 10.9. The first-order chi connectivity index (χ1) is 28.9. The topological polar surface area (TPSA) is 102 Å². The molecule has 0 bridgehead atoms. The van der Waals surface area contributed by atoms with Gasteiger partial charge in [-0.15, -0.1) is 0 Å². The standard InChI is InChI=1S/C49H53NO9/c1-36(51)58-42-28-49(46(48(52)53-2)50(30-42)29-37-18-8-3-9-19-37)47(57-34-41-26-16-7-17-27-41)45(56-33-40-24-14-6-15-25-40)44(55-32-39-22-12-5-13-23-39)43(59-49)35-54-31-38-20-10-4-11-21-38/h3-27,42-47H,28-35H2,1-2H3/t42-,43?,44-,45+,46-,47?,49-/m0/s1. The fraction of sp³-hybridized carbons (Fsp3) is 0.347. The Balaban J connectivity index is 1.37. The van der Waals surface area contributed by atoms with Crippen molar-refractivity contribution in [3.8, 4) is 0 Å². The van der Waals surface area contributed by atoms with Crippen LogP contribution in [-0.2, 0) is 75.7 Å². The van der Waals surface area contributed by atoms with E-state index in [1.54, 1.807) is 0 Å². The van der Waals surface area contributed by atoms with Gasteiger partial charge >= 0.3 is 11.9 Å². The summed E-state index contributed by atoms with van der Waals surface area (Å²) in [5.41, 5.74) is 3.29. The molecule has 1 spiro atoms. The van der Waals surface area contributed by atoms with E-state index in [0.717, 1.165) is 27.8 Å². The molecule has 2 unspecified atom stereocenters. The summed E-state index contributed by atoms with van der Waals surface area (Å²) in [7, 11) is 1.38. The van der Waals surface area contributed by atoms with Crippen molar-refractivity contribution in [2.45, 2.75) is 88.5 Å². The van der Waals surface area contributed by atoms with Crippen LogP contribution in [0.3, 0.4) is 0 Å². The normalized spacial score (nSPS) is 24.4. The molecular formula is C49H53NO9. The molecule has 2 saturated heterocycles. The van der Waals surface area contributed by atoms with E-state index in [-0.39, 0.29) is 39.4 Å². The third kappa shape index (κ3) is 10.9. The van der Waals surface area contributed by atoms with Crippen molar-refractivity contribution in [3.63, 3.8) is 0 Å². The molecule has 10 nitrogen and oxygen atoms in total. The number of hydrogen-bond donors (Lipinski definition) is 0. The Kier molecular flexibility index (Phi) is 14.7. The Morgan fingerprint density at radius 3 is 1.58 bits per heavy atom. The second-order valence-electron chi connectivity index (χ2n) is 15.1. The van der Waals surface area contributed by atoms with E-state index in [1.165, 1.54) is 14.0 Å². The molecule has 2 aliphatic heterocycles. The van der Waals surface area contributed by atoms with Gasteiger partial charge in [0.1, 0.15) is 42.2 Å². The summed E-state index contributed by atoms with van der Waals surface area (Å²) in [5.74, 6) is -0.951. The second kappa shape index (κ2) is 20.7. The van der Waals surface area contributed by atoms with Gasteiger partial charge in [-0.25, -0.2) is 0 Å². The highest BCUT2D eigenvalue weighted by Gasteiger charge is 2.66. The van der Waals surface area contributed by atoms with Gasteiger partial charge in [0, 0.05) is 26.4 Å². The maximum atomic E-state index is 14.6. The van der Waals surface area contributed by atoms with Gasteiger partial charge in [0.05, 0.1) is 40.1 Å². The minimum absolute atomic E-state index is 0.0948. The largest absolute Gasteiger partial charge is 0.468 e. The minimum atomic E-state index is -1.50. The van der Waals surface area contributed by atoms with Crippen molar-refractivity contribution in [1.29, 1.82) is 0 Å². The number of carbonyl (C=O) groups excluding carboxylic acids is 2. The van der Waals surface area contributed by atoms with Crippen LogP contribution in [0.2, 0.25) is 0 Å². The van der Waals surface area contributed by atoms with Gasteiger partial charge in [-0.1, -0.05) is 152 Å². The number of piperidine rings is 1.